The maximum Gasteiger partial charge on any atom is 0.401 e. The molecule has 0 bridgehead atoms. The Kier molecular flexibility index (Phi) is 6.00. The highest BCUT2D eigenvalue weighted by Gasteiger charge is 2.30. The van der Waals surface area contributed by atoms with Crippen LogP contribution in [0.25, 0.3) is 0 Å². The van der Waals surface area contributed by atoms with Crippen LogP contribution in [0.15, 0.2) is 28.7 Å². The molecule has 0 heterocycles. The zero-order valence-electron chi connectivity index (χ0n) is 10.5. The van der Waals surface area contributed by atoms with Gasteiger partial charge in [-0.25, -0.2) is 0 Å². The van der Waals surface area contributed by atoms with Gasteiger partial charge in [-0.2, -0.15) is 13.2 Å². The lowest BCUT2D eigenvalue weighted by atomic mass is 10.1. The van der Waals surface area contributed by atoms with E-state index < -0.39 is 12.7 Å². The highest BCUT2D eigenvalue weighted by Crippen LogP contribution is 2.17. The first-order chi connectivity index (χ1) is 8.81. The highest BCUT2D eigenvalue weighted by molar-refractivity contribution is 9.10. The van der Waals surface area contributed by atoms with Crippen molar-refractivity contribution < 1.29 is 18.0 Å². The largest absolute Gasteiger partial charge is 0.401 e. The third kappa shape index (κ3) is 6.20. The maximum absolute atomic E-state index is 12.3. The van der Waals surface area contributed by atoms with Gasteiger partial charge < -0.3 is 0 Å². The summed E-state index contributed by atoms with van der Waals surface area (Å²) in [5.74, 6) is -0.151. The lowest BCUT2D eigenvalue weighted by Gasteiger charge is -2.21. The Morgan fingerprint density at radius 1 is 1.37 bits per heavy atom. The molecular weight excluding hydrogens is 323 g/mol. The van der Waals surface area contributed by atoms with Crippen molar-refractivity contribution in [1.29, 1.82) is 0 Å². The summed E-state index contributed by atoms with van der Waals surface area (Å²) >= 11 is 3.25. The molecule has 0 amide bonds. The number of rotatable bonds is 6. The quantitative estimate of drug-likeness (QED) is 0.733. The Hall–Kier alpha value is -0.880. The fourth-order valence-corrected chi connectivity index (χ4v) is 2.07. The van der Waals surface area contributed by atoms with Crippen molar-refractivity contribution in [3.63, 3.8) is 0 Å². The van der Waals surface area contributed by atoms with E-state index in [1.54, 1.807) is 31.2 Å². The van der Waals surface area contributed by atoms with E-state index in [1.807, 2.05) is 0 Å². The second kappa shape index (κ2) is 7.05. The number of Topliss-reactive ketones (excluding diaryl/α,β-unsaturated/α-hetero) is 1. The number of halogens is 4. The molecule has 19 heavy (non-hydrogen) atoms. The van der Waals surface area contributed by atoms with Crippen molar-refractivity contribution in [2.45, 2.75) is 19.5 Å². The predicted octanol–water partition coefficient (Wildman–Crippen LogP) is 3.91. The molecule has 0 unspecified atom stereocenters. The summed E-state index contributed by atoms with van der Waals surface area (Å²) in [7, 11) is 0. The van der Waals surface area contributed by atoms with Crippen LogP contribution in [0.2, 0.25) is 0 Å². The van der Waals surface area contributed by atoms with Crippen LogP contribution in [-0.4, -0.2) is 36.5 Å². The number of ketones is 1. The summed E-state index contributed by atoms with van der Waals surface area (Å²) < 4.78 is 37.6. The third-order valence-electron chi connectivity index (χ3n) is 2.65. The summed E-state index contributed by atoms with van der Waals surface area (Å²) in [5, 5.41) is 0. The van der Waals surface area contributed by atoms with Crippen molar-refractivity contribution in [2.75, 3.05) is 19.6 Å². The van der Waals surface area contributed by atoms with E-state index in [9.17, 15) is 18.0 Å². The summed E-state index contributed by atoms with van der Waals surface area (Å²) in [5.41, 5.74) is 0.512. The summed E-state index contributed by atoms with van der Waals surface area (Å²) in [6.07, 6.45) is -4.14. The van der Waals surface area contributed by atoms with Gasteiger partial charge in [0.2, 0.25) is 0 Å². The minimum Gasteiger partial charge on any atom is -0.295 e. The predicted molar refractivity (Wildman–Crippen MR) is 71.3 cm³/mol. The van der Waals surface area contributed by atoms with Gasteiger partial charge in [0.15, 0.2) is 5.78 Å². The second-order valence-corrected chi connectivity index (χ2v) is 5.08. The molecule has 0 radical (unpaired) electrons. The van der Waals surface area contributed by atoms with E-state index in [-0.39, 0.29) is 25.3 Å². The average molecular weight is 338 g/mol. The van der Waals surface area contributed by atoms with Gasteiger partial charge in [-0.1, -0.05) is 35.0 Å². The molecule has 1 aromatic rings. The van der Waals surface area contributed by atoms with Gasteiger partial charge in [0.1, 0.15) is 0 Å². The fourth-order valence-electron chi connectivity index (χ4n) is 1.67. The van der Waals surface area contributed by atoms with Gasteiger partial charge in [0, 0.05) is 23.0 Å². The molecule has 6 heteroatoms. The normalized spacial score (nSPS) is 11.9. The van der Waals surface area contributed by atoms with E-state index >= 15 is 0 Å². The molecule has 0 aliphatic carbocycles. The van der Waals surface area contributed by atoms with Crippen LogP contribution in [0, 0.1) is 0 Å². The highest BCUT2D eigenvalue weighted by atomic mass is 79.9. The molecule has 0 saturated carbocycles. The zero-order chi connectivity index (χ0) is 14.5. The third-order valence-corrected chi connectivity index (χ3v) is 3.15. The molecule has 0 N–H and O–H groups in total. The molecule has 0 fully saturated rings. The molecule has 2 nitrogen and oxygen atoms in total. The first kappa shape index (κ1) is 16.2. The number of carbonyl (C=O) groups is 1. The molecule has 106 valence electrons. The SMILES string of the molecule is CCN(CCC(=O)c1cccc(Br)c1)CC(F)(F)F. The lowest BCUT2D eigenvalue weighted by molar-refractivity contribution is -0.145. The molecule has 0 atom stereocenters. The van der Waals surface area contributed by atoms with Gasteiger partial charge in [-0.05, 0) is 18.7 Å². The Morgan fingerprint density at radius 3 is 2.58 bits per heavy atom. The van der Waals surface area contributed by atoms with Crippen molar-refractivity contribution in [3.05, 3.63) is 34.3 Å². The molecule has 1 rings (SSSR count). The van der Waals surface area contributed by atoms with Crippen molar-refractivity contribution in [3.8, 4) is 0 Å². The van der Waals surface area contributed by atoms with Crippen LogP contribution < -0.4 is 0 Å². The van der Waals surface area contributed by atoms with Crippen LogP contribution in [-0.2, 0) is 0 Å². The minimum absolute atomic E-state index is 0.0837. The van der Waals surface area contributed by atoms with Gasteiger partial charge in [0.25, 0.3) is 0 Å². The monoisotopic (exact) mass is 337 g/mol. The maximum atomic E-state index is 12.3. The zero-order valence-corrected chi connectivity index (χ0v) is 12.1. The Labute approximate surface area is 118 Å². The first-order valence-corrected chi connectivity index (χ1v) is 6.69. The molecule has 1 aromatic carbocycles. The van der Waals surface area contributed by atoms with Gasteiger partial charge in [0.05, 0.1) is 6.54 Å². The summed E-state index contributed by atoms with van der Waals surface area (Å²) in [6.45, 7) is 1.05. The minimum atomic E-state index is -4.23. The van der Waals surface area contributed by atoms with E-state index in [4.69, 9.17) is 0 Å². The van der Waals surface area contributed by atoms with Crippen LogP contribution in [0.3, 0.4) is 0 Å². The average Bonchev–Trinajstić information content (AvgIpc) is 2.32. The van der Waals surface area contributed by atoms with Crippen molar-refractivity contribution in [1.82, 2.24) is 4.90 Å². The molecule has 0 aromatic heterocycles. The number of hydrogen-bond donors (Lipinski definition) is 0. The molecule has 0 aliphatic heterocycles. The summed E-state index contributed by atoms with van der Waals surface area (Å²) in [6, 6.07) is 6.85. The van der Waals surface area contributed by atoms with Crippen LogP contribution in [0.4, 0.5) is 13.2 Å². The number of benzene rings is 1. The molecule has 0 saturated heterocycles. The number of alkyl halides is 3. The van der Waals surface area contributed by atoms with E-state index in [1.165, 1.54) is 4.90 Å². The number of carbonyl (C=O) groups excluding carboxylic acids is 1. The number of hydrogen-bond acceptors (Lipinski definition) is 2. The lowest BCUT2D eigenvalue weighted by Crippen LogP contribution is -2.35. The van der Waals surface area contributed by atoms with Crippen LogP contribution in [0.5, 0.6) is 0 Å². The Bertz CT molecular complexity index is 434. The number of nitrogens with zero attached hydrogens (tertiary/aromatic N) is 1. The fraction of sp³-hybridized carbons (Fsp3) is 0.462. The Morgan fingerprint density at radius 2 is 2.05 bits per heavy atom. The smallest absolute Gasteiger partial charge is 0.295 e. The molecular formula is C13H15BrF3NO. The van der Waals surface area contributed by atoms with Crippen LogP contribution in [0.1, 0.15) is 23.7 Å². The van der Waals surface area contributed by atoms with E-state index in [0.717, 1.165) is 4.47 Å². The molecule has 0 spiro atoms. The summed E-state index contributed by atoms with van der Waals surface area (Å²) in [4.78, 5) is 13.1. The van der Waals surface area contributed by atoms with Gasteiger partial charge >= 0.3 is 6.18 Å². The molecule has 0 aliphatic rings. The second-order valence-electron chi connectivity index (χ2n) is 4.17. The topological polar surface area (TPSA) is 20.3 Å². The van der Waals surface area contributed by atoms with Crippen molar-refractivity contribution >= 4 is 21.7 Å². The van der Waals surface area contributed by atoms with Crippen molar-refractivity contribution in [2.24, 2.45) is 0 Å². The van der Waals surface area contributed by atoms with Gasteiger partial charge in [-0.15, -0.1) is 0 Å². The standard InChI is InChI=1S/C13H15BrF3NO/c1-2-18(9-13(15,16)17)7-6-12(19)10-4-3-5-11(14)8-10/h3-5,8H,2,6-7,9H2,1H3. The van der Waals surface area contributed by atoms with E-state index in [0.29, 0.717) is 5.56 Å². The van der Waals surface area contributed by atoms with Gasteiger partial charge in [-0.3, -0.25) is 9.69 Å². The van der Waals surface area contributed by atoms with E-state index in [2.05, 4.69) is 15.9 Å². The van der Waals surface area contributed by atoms with Crippen LogP contribution >= 0.6 is 15.9 Å². The first-order valence-electron chi connectivity index (χ1n) is 5.89. The Balaban J connectivity index is 2.53.